The van der Waals surface area contributed by atoms with Crippen LogP contribution < -0.4 is 4.89 Å². The molecule has 1 aromatic rings. The minimum Gasteiger partial charge on any atom is -0.339 e. The number of nitrogens with zero attached hydrogens (tertiary/aromatic N) is 2. The van der Waals surface area contributed by atoms with E-state index in [1.54, 1.807) is 11.6 Å². The Bertz CT molecular complexity index is 411. The summed E-state index contributed by atoms with van der Waals surface area (Å²) in [5.74, 6) is 0.261. The van der Waals surface area contributed by atoms with E-state index in [1.807, 2.05) is 18.7 Å². The minimum absolute atomic E-state index is 0.0474. The molecule has 86 valence electrons. The van der Waals surface area contributed by atoms with Gasteiger partial charge in [0.1, 0.15) is 0 Å². The van der Waals surface area contributed by atoms with Crippen LogP contribution in [-0.2, 0) is 21.9 Å². The van der Waals surface area contributed by atoms with Gasteiger partial charge < -0.3 is 4.57 Å². The Kier molecular flexibility index (Phi) is 3.83. The van der Waals surface area contributed by atoms with Gasteiger partial charge >= 0.3 is 0 Å². The lowest BCUT2D eigenvalue weighted by Crippen LogP contribution is -2.26. The molecular weight excluding hydrogens is 218 g/mol. The Labute approximate surface area is 89.3 Å². The second-order valence-electron chi connectivity index (χ2n) is 3.67. The largest absolute Gasteiger partial charge is 0.339 e. The summed E-state index contributed by atoms with van der Waals surface area (Å²) in [5.41, 5.74) is 0. The Balaban J connectivity index is 2.60. The average Bonchev–Trinajstić information content (AvgIpc) is 2.51. The van der Waals surface area contributed by atoms with Crippen LogP contribution in [0.1, 0.15) is 13.8 Å². The van der Waals surface area contributed by atoms with Gasteiger partial charge in [0, 0.05) is 13.2 Å². The Morgan fingerprint density at radius 3 is 2.73 bits per heavy atom. The van der Waals surface area contributed by atoms with Gasteiger partial charge in [-0.3, -0.25) is 4.84 Å². The molecule has 0 aliphatic rings. The average molecular weight is 233 g/mol. The molecule has 0 atom stereocenters. The van der Waals surface area contributed by atoms with E-state index in [9.17, 15) is 8.42 Å². The predicted molar refractivity (Wildman–Crippen MR) is 54.3 cm³/mol. The molecule has 0 aliphatic heterocycles. The van der Waals surface area contributed by atoms with Crippen molar-refractivity contribution in [1.82, 2.24) is 14.4 Å². The van der Waals surface area contributed by atoms with E-state index in [0.717, 1.165) is 0 Å². The maximum Gasteiger partial charge on any atom is 0.281 e. The molecule has 1 N–H and O–H groups in total. The molecule has 15 heavy (non-hydrogen) atoms. The summed E-state index contributed by atoms with van der Waals surface area (Å²) in [6.45, 7) is 4.18. The summed E-state index contributed by atoms with van der Waals surface area (Å²) in [4.78, 5) is 10.6. The summed E-state index contributed by atoms with van der Waals surface area (Å²) >= 11 is 0. The zero-order chi connectivity index (χ0) is 11.5. The number of nitrogens with one attached hydrogen (secondary N) is 1. The highest BCUT2D eigenvalue weighted by molar-refractivity contribution is 7.89. The summed E-state index contributed by atoms with van der Waals surface area (Å²) in [5, 5.41) is -0.0474. The predicted octanol–water partition coefficient (Wildman–Crippen LogP) is 0.286. The highest BCUT2D eigenvalue weighted by atomic mass is 32.2. The molecule has 0 saturated heterocycles. The quantitative estimate of drug-likeness (QED) is 0.742. The fraction of sp³-hybridized carbons (Fsp3) is 0.625. The number of imidazole rings is 1. The monoisotopic (exact) mass is 233 g/mol. The van der Waals surface area contributed by atoms with Gasteiger partial charge in [0.25, 0.3) is 10.0 Å². The minimum atomic E-state index is -3.64. The topological polar surface area (TPSA) is 73.2 Å². The molecule has 0 aromatic carbocycles. The molecule has 1 rings (SSSR count). The van der Waals surface area contributed by atoms with Gasteiger partial charge in [0.15, 0.2) is 5.03 Å². The van der Waals surface area contributed by atoms with Crippen molar-refractivity contribution >= 4 is 10.0 Å². The SMILES string of the molecule is CC(C)CONS(=O)(=O)c1cn(C)cn1. The first-order chi connectivity index (χ1) is 6.92. The molecule has 0 unspecified atom stereocenters. The zero-order valence-corrected chi connectivity index (χ0v) is 9.78. The number of rotatable bonds is 5. The molecule has 1 heterocycles. The van der Waals surface area contributed by atoms with Gasteiger partial charge in [-0.2, -0.15) is 0 Å². The zero-order valence-electron chi connectivity index (χ0n) is 8.97. The lowest BCUT2D eigenvalue weighted by atomic mass is 10.2. The van der Waals surface area contributed by atoms with Crippen molar-refractivity contribution in [3.8, 4) is 0 Å². The number of aryl methyl sites for hydroxylation is 1. The van der Waals surface area contributed by atoms with Crippen LogP contribution in [0.15, 0.2) is 17.6 Å². The molecule has 6 nitrogen and oxygen atoms in total. The third-order valence-corrected chi connectivity index (χ3v) is 2.64. The first kappa shape index (κ1) is 12.2. The van der Waals surface area contributed by atoms with Crippen LogP contribution in [0.4, 0.5) is 0 Å². The van der Waals surface area contributed by atoms with E-state index in [-0.39, 0.29) is 10.9 Å². The summed E-state index contributed by atoms with van der Waals surface area (Å²) < 4.78 is 24.6. The highest BCUT2D eigenvalue weighted by Gasteiger charge is 2.16. The van der Waals surface area contributed by atoms with Crippen molar-refractivity contribution in [2.75, 3.05) is 6.61 Å². The first-order valence-corrected chi connectivity index (χ1v) is 6.01. The Morgan fingerprint density at radius 2 is 2.27 bits per heavy atom. The fourth-order valence-corrected chi connectivity index (χ4v) is 1.65. The second-order valence-corrected chi connectivity index (χ2v) is 5.26. The van der Waals surface area contributed by atoms with E-state index in [1.165, 1.54) is 12.5 Å². The third kappa shape index (κ3) is 3.61. The number of aromatic nitrogens is 2. The van der Waals surface area contributed by atoms with Crippen LogP contribution in [0.3, 0.4) is 0 Å². The Morgan fingerprint density at radius 1 is 1.60 bits per heavy atom. The van der Waals surface area contributed by atoms with Crippen LogP contribution >= 0.6 is 0 Å². The first-order valence-electron chi connectivity index (χ1n) is 4.53. The molecule has 0 amide bonds. The summed E-state index contributed by atoms with van der Waals surface area (Å²) in [7, 11) is -1.94. The third-order valence-electron chi connectivity index (χ3n) is 1.54. The number of hydrogen-bond donors (Lipinski definition) is 1. The molecule has 0 bridgehead atoms. The fourth-order valence-electron chi connectivity index (χ4n) is 0.849. The van der Waals surface area contributed by atoms with Crippen molar-refractivity contribution in [3.63, 3.8) is 0 Å². The normalized spacial score (nSPS) is 12.3. The number of sulfonamides is 1. The van der Waals surface area contributed by atoms with Gasteiger partial charge in [-0.15, -0.1) is 0 Å². The van der Waals surface area contributed by atoms with Crippen molar-refractivity contribution in [1.29, 1.82) is 0 Å². The lowest BCUT2D eigenvalue weighted by Gasteiger charge is -2.06. The maximum absolute atomic E-state index is 11.5. The van der Waals surface area contributed by atoms with Gasteiger partial charge in [0.05, 0.1) is 12.9 Å². The smallest absolute Gasteiger partial charge is 0.281 e. The van der Waals surface area contributed by atoms with Crippen molar-refractivity contribution < 1.29 is 13.3 Å². The molecule has 0 spiro atoms. The summed E-state index contributed by atoms with van der Waals surface area (Å²) in [6.07, 6.45) is 2.82. The van der Waals surface area contributed by atoms with E-state index in [2.05, 4.69) is 4.98 Å². The van der Waals surface area contributed by atoms with Crippen LogP contribution in [0.5, 0.6) is 0 Å². The molecule has 0 fully saturated rings. The van der Waals surface area contributed by atoms with Crippen molar-refractivity contribution in [2.24, 2.45) is 13.0 Å². The van der Waals surface area contributed by atoms with E-state index in [4.69, 9.17) is 4.84 Å². The second kappa shape index (κ2) is 4.73. The standard InChI is InChI=1S/C8H15N3O3S/c1-7(2)5-14-10-15(12,13)8-4-11(3)6-9-8/h4,6-7,10H,5H2,1-3H3. The molecular formula is C8H15N3O3S. The maximum atomic E-state index is 11.5. The van der Waals surface area contributed by atoms with Gasteiger partial charge in [-0.05, 0) is 5.92 Å². The highest BCUT2D eigenvalue weighted by Crippen LogP contribution is 2.03. The molecule has 7 heteroatoms. The van der Waals surface area contributed by atoms with E-state index < -0.39 is 10.0 Å². The molecule has 0 saturated carbocycles. The molecule has 1 aromatic heterocycles. The Hall–Kier alpha value is -0.920. The lowest BCUT2D eigenvalue weighted by molar-refractivity contribution is 0.0717. The van der Waals surface area contributed by atoms with Crippen molar-refractivity contribution in [3.05, 3.63) is 12.5 Å². The van der Waals surface area contributed by atoms with Crippen LogP contribution in [0.2, 0.25) is 0 Å². The molecule has 0 aliphatic carbocycles. The van der Waals surface area contributed by atoms with Crippen LogP contribution in [0.25, 0.3) is 0 Å². The molecule has 0 radical (unpaired) electrons. The van der Waals surface area contributed by atoms with E-state index >= 15 is 0 Å². The van der Waals surface area contributed by atoms with Gasteiger partial charge in [-0.1, -0.05) is 18.7 Å². The van der Waals surface area contributed by atoms with Gasteiger partial charge in [0.2, 0.25) is 0 Å². The summed E-state index contributed by atoms with van der Waals surface area (Å²) in [6, 6.07) is 0. The number of hydrogen-bond acceptors (Lipinski definition) is 4. The van der Waals surface area contributed by atoms with Crippen molar-refractivity contribution in [2.45, 2.75) is 18.9 Å². The van der Waals surface area contributed by atoms with Gasteiger partial charge in [-0.25, -0.2) is 13.4 Å². The van der Waals surface area contributed by atoms with E-state index in [0.29, 0.717) is 6.61 Å². The van der Waals surface area contributed by atoms with Crippen LogP contribution in [0, 0.1) is 5.92 Å². The van der Waals surface area contributed by atoms with Crippen LogP contribution in [-0.4, -0.2) is 24.6 Å².